The van der Waals surface area contributed by atoms with E-state index in [1.165, 1.54) is 12.1 Å². The molecule has 2 aromatic rings. The van der Waals surface area contributed by atoms with E-state index in [1.54, 1.807) is 18.5 Å². The molecule has 0 bridgehead atoms. The molecule has 2 rings (SSSR count). The van der Waals surface area contributed by atoms with E-state index in [4.69, 9.17) is 5.84 Å². The average Bonchev–Trinajstić information content (AvgIpc) is 2.38. The summed E-state index contributed by atoms with van der Waals surface area (Å²) in [5, 5.41) is 0. The van der Waals surface area contributed by atoms with Gasteiger partial charge in [0.2, 0.25) is 0 Å². The van der Waals surface area contributed by atoms with Crippen LogP contribution in [0.1, 0.15) is 22.7 Å². The first-order valence-corrected chi connectivity index (χ1v) is 5.82. The fraction of sp³-hybridized carbons (Fsp3) is 0.214. The second-order valence-corrected chi connectivity index (χ2v) is 4.28. The molecule has 0 saturated carbocycles. The Morgan fingerprint density at radius 3 is 2.61 bits per heavy atom. The predicted molar refractivity (Wildman–Crippen MR) is 69.1 cm³/mol. The Bertz CT molecular complexity index is 514. The molecule has 0 aliphatic carbocycles. The smallest absolute Gasteiger partial charge is 0.123 e. The molecule has 0 amide bonds. The molecule has 0 radical (unpaired) electrons. The molecule has 1 heterocycles. The van der Waals surface area contributed by atoms with Crippen LogP contribution < -0.4 is 11.3 Å². The SMILES string of the molecule is Cc1cc(F)ccc1C(Cc1ccncc1)NN. The van der Waals surface area contributed by atoms with E-state index in [-0.39, 0.29) is 11.9 Å². The van der Waals surface area contributed by atoms with Crippen molar-refractivity contribution in [3.63, 3.8) is 0 Å². The van der Waals surface area contributed by atoms with E-state index < -0.39 is 0 Å². The normalized spacial score (nSPS) is 12.4. The largest absolute Gasteiger partial charge is 0.271 e. The van der Waals surface area contributed by atoms with Gasteiger partial charge in [0.1, 0.15) is 5.82 Å². The zero-order chi connectivity index (χ0) is 13.0. The summed E-state index contributed by atoms with van der Waals surface area (Å²) in [7, 11) is 0. The summed E-state index contributed by atoms with van der Waals surface area (Å²) in [6.45, 7) is 1.88. The third-order valence-electron chi connectivity index (χ3n) is 3.00. The fourth-order valence-electron chi connectivity index (χ4n) is 2.04. The molecular weight excluding hydrogens is 229 g/mol. The standard InChI is InChI=1S/C14H16FN3/c1-10-8-12(15)2-3-13(10)14(18-16)9-11-4-6-17-7-5-11/h2-8,14,18H,9,16H2,1H3. The molecule has 3 N–H and O–H groups in total. The Labute approximate surface area is 106 Å². The molecule has 0 fully saturated rings. The third-order valence-corrected chi connectivity index (χ3v) is 3.00. The number of pyridine rings is 1. The van der Waals surface area contributed by atoms with E-state index in [9.17, 15) is 4.39 Å². The molecule has 4 heteroatoms. The number of halogens is 1. The van der Waals surface area contributed by atoms with E-state index in [0.717, 1.165) is 23.1 Å². The number of aryl methyl sites for hydroxylation is 1. The number of hydrazine groups is 1. The summed E-state index contributed by atoms with van der Waals surface area (Å²) in [5.74, 6) is 5.37. The first-order valence-electron chi connectivity index (χ1n) is 5.82. The van der Waals surface area contributed by atoms with Gasteiger partial charge in [-0.3, -0.25) is 16.3 Å². The summed E-state index contributed by atoms with van der Waals surface area (Å²) < 4.78 is 13.1. The Balaban J connectivity index is 2.23. The van der Waals surface area contributed by atoms with Crippen LogP contribution >= 0.6 is 0 Å². The van der Waals surface area contributed by atoms with Crippen molar-refractivity contribution in [2.75, 3.05) is 0 Å². The highest BCUT2D eigenvalue weighted by Gasteiger charge is 2.13. The van der Waals surface area contributed by atoms with E-state index >= 15 is 0 Å². The lowest BCUT2D eigenvalue weighted by molar-refractivity contribution is 0.546. The maximum atomic E-state index is 13.1. The third kappa shape index (κ3) is 2.91. The molecule has 94 valence electrons. The van der Waals surface area contributed by atoms with Crippen LogP contribution in [0.2, 0.25) is 0 Å². The van der Waals surface area contributed by atoms with Gasteiger partial charge in [-0.05, 0) is 54.3 Å². The highest BCUT2D eigenvalue weighted by Crippen LogP contribution is 2.21. The topological polar surface area (TPSA) is 50.9 Å². The molecule has 0 aliphatic rings. The average molecular weight is 245 g/mol. The molecular formula is C14H16FN3. The van der Waals surface area contributed by atoms with Gasteiger partial charge in [-0.1, -0.05) is 6.07 Å². The van der Waals surface area contributed by atoms with Crippen LogP contribution in [0.4, 0.5) is 4.39 Å². The van der Waals surface area contributed by atoms with Crippen LogP contribution in [0.25, 0.3) is 0 Å². The zero-order valence-corrected chi connectivity index (χ0v) is 10.2. The second kappa shape index (κ2) is 5.71. The number of nitrogens with two attached hydrogens (primary N) is 1. The summed E-state index contributed by atoms with van der Waals surface area (Å²) in [4.78, 5) is 3.98. The van der Waals surface area contributed by atoms with Crippen molar-refractivity contribution in [3.05, 3.63) is 65.2 Å². The summed E-state index contributed by atoms with van der Waals surface area (Å²) in [6.07, 6.45) is 4.24. The van der Waals surface area contributed by atoms with Crippen LogP contribution in [-0.2, 0) is 6.42 Å². The lowest BCUT2D eigenvalue weighted by Crippen LogP contribution is -2.30. The molecule has 1 aromatic carbocycles. The lowest BCUT2D eigenvalue weighted by atomic mass is 9.96. The fourth-order valence-corrected chi connectivity index (χ4v) is 2.04. The number of rotatable bonds is 4. The van der Waals surface area contributed by atoms with Crippen molar-refractivity contribution in [3.8, 4) is 0 Å². The molecule has 1 aromatic heterocycles. The summed E-state index contributed by atoms with van der Waals surface area (Å²) >= 11 is 0. The van der Waals surface area contributed by atoms with Crippen molar-refractivity contribution in [1.29, 1.82) is 0 Å². The van der Waals surface area contributed by atoms with Gasteiger partial charge < -0.3 is 0 Å². The van der Waals surface area contributed by atoms with Gasteiger partial charge in [0.05, 0.1) is 6.04 Å². The van der Waals surface area contributed by atoms with Crippen LogP contribution in [0, 0.1) is 12.7 Å². The quantitative estimate of drug-likeness (QED) is 0.642. The lowest BCUT2D eigenvalue weighted by Gasteiger charge is -2.18. The first kappa shape index (κ1) is 12.7. The zero-order valence-electron chi connectivity index (χ0n) is 10.2. The highest BCUT2D eigenvalue weighted by atomic mass is 19.1. The van der Waals surface area contributed by atoms with E-state index in [1.807, 2.05) is 19.1 Å². The predicted octanol–water partition coefficient (Wildman–Crippen LogP) is 2.28. The Morgan fingerprint density at radius 2 is 2.00 bits per heavy atom. The number of nitrogens with one attached hydrogen (secondary N) is 1. The van der Waals surface area contributed by atoms with Crippen LogP contribution in [0.15, 0.2) is 42.7 Å². The van der Waals surface area contributed by atoms with Gasteiger partial charge in [0.25, 0.3) is 0 Å². The van der Waals surface area contributed by atoms with Crippen molar-refractivity contribution in [2.45, 2.75) is 19.4 Å². The molecule has 1 atom stereocenters. The highest BCUT2D eigenvalue weighted by molar-refractivity contribution is 5.31. The van der Waals surface area contributed by atoms with Gasteiger partial charge in [0, 0.05) is 12.4 Å². The molecule has 0 spiro atoms. The number of nitrogens with zero attached hydrogens (tertiary/aromatic N) is 1. The number of hydrogen-bond acceptors (Lipinski definition) is 3. The molecule has 1 unspecified atom stereocenters. The summed E-state index contributed by atoms with van der Waals surface area (Å²) in [5.41, 5.74) is 5.83. The van der Waals surface area contributed by atoms with E-state index in [2.05, 4.69) is 10.4 Å². The van der Waals surface area contributed by atoms with Crippen molar-refractivity contribution >= 4 is 0 Å². The number of hydrogen-bond donors (Lipinski definition) is 2. The Kier molecular flexibility index (Phi) is 4.02. The van der Waals surface area contributed by atoms with Crippen molar-refractivity contribution in [2.24, 2.45) is 5.84 Å². The van der Waals surface area contributed by atoms with Gasteiger partial charge in [-0.2, -0.15) is 0 Å². The van der Waals surface area contributed by atoms with Gasteiger partial charge in [-0.15, -0.1) is 0 Å². The van der Waals surface area contributed by atoms with Crippen LogP contribution in [0.5, 0.6) is 0 Å². The first-order chi connectivity index (χ1) is 8.70. The van der Waals surface area contributed by atoms with Crippen LogP contribution in [0.3, 0.4) is 0 Å². The Hall–Kier alpha value is -1.78. The van der Waals surface area contributed by atoms with Gasteiger partial charge in [0.15, 0.2) is 0 Å². The second-order valence-electron chi connectivity index (χ2n) is 4.28. The molecule has 3 nitrogen and oxygen atoms in total. The monoisotopic (exact) mass is 245 g/mol. The van der Waals surface area contributed by atoms with Gasteiger partial charge >= 0.3 is 0 Å². The number of benzene rings is 1. The minimum Gasteiger partial charge on any atom is -0.271 e. The molecule has 0 saturated heterocycles. The summed E-state index contributed by atoms with van der Waals surface area (Å²) in [6, 6.07) is 8.61. The van der Waals surface area contributed by atoms with E-state index in [0.29, 0.717) is 0 Å². The van der Waals surface area contributed by atoms with Crippen molar-refractivity contribution in [1.82, 2.24) is 10.4 Å². The van der Waals surface area contributed by atoms with Crippen LogP contribution in [-0.4, -0.2) is 4.98 Å². The minimum atomic E-state index is -0.226. The van der Waals surface area contributed by atoms with Crippen molar-refractivity contribution < 1.29 is 4.39 Å². The molecule has 18 heavy (non-hydrogen) atoms. The molecule has 0 aliphatic heterocycles. The maximum absolute atomic E-state index is 13.1. The minimum absolute atomic E-state index is 0.0343. The van der Waals surface area contributed by atoms with Gasteiger partial charge in [-0.25, -0.2) is 4.39 Å². The maximum Gasteiger partial charge on any atom is 0.123 e. The Morgan fingerprint density at radius 1 is 1.28 bits per heavy atom. The number of aromatic nitrogens is 1.